The summed E-state index contributed by atoms with van der Waals surface area (Å²) in [4.78, 5) is 16.3. The zero-order valence-electron chi connectivity index (χ0n) is 14.1. The van der Waals surface area contributed by atoms with E-state index in [9.17, 15) is 4.79 Å². The van der Waals surface area contributed by atoms with Gasteiger partial charge in [0.1, 0.15) is 11.9 Å². The SMILES string of the molecule is CCOc1ccc(N2C(=O)c3cc(I)ccc3N[C@@H]2c2cccs2)cc1. The molecule has 6 heteroatoms. The largest absolute Gasteiger partial charge is 0.494 e. The van der Waals surface area contributed by atoms with E-state index < -0.39 is 0 Å². The van der Waals surface area contributed by atoms with Crippen molar-refractivity contribution in [2.75, 3.05) is 16.8 Å². The van der Waals surface area contributed by atoms with Gasteiger partial charge in [-0.2, -0.15) is 0 Å². The molecule has 4 nitrogen and oxygen atoms in total. The van der Waals surface area contributed by atoms with E-state index in [-0.39, 0.29) is 12.1 Å². The normalized spacial score (nSPS) is 16.2. The number of carbonyl (C=O) groups is 1. The summed E-state index contributed by atoms with van der Waals surface area (Å²) >= 11 is 3.87. The molecule has 26 heavy (non-hydrogen) atoms. The number of fused-ring (bicyclic) bond motifs is 1. The van der Waals surface area contributed by atoms with Crippen LogP contribution in [0.1, 0.15) is 28.3 Å². The third-order valence-electron chi connectivity index (χ3n) is 4.22. The number of ether oxygens (including phenoxy) is 1. The summed E-state index contributed by atoms with van der Waals surface area (Å²) in [6, 6.07) is 17.7. The number of thiophene rings is 1. The second-order valence-electron chi connectivity index (χ2n) is 5.85. The standard InChI is InChI=1S/C20H17IN2O2S/c1-2-25-15-8-6-14(7-9-15)23-19(18-4-3-11-26-18)22-17-10-5-13(21)12-16(17)20(23)24/h3-12,19,22H,2H2,1H3/t19-/m0/s1. The highest BCUT2D eigenvalue weighted by atomic mass is 127. The van der Waals surface area contributed by atoms with Crippen molar-refractivity contribution in [2.24, 2.45) is 0 Å². The molecule has 0 saturated heterocycles. The van der Waals surface area contributed by atoms with Gasteiger partial charge in [0.25, 0.3) is 5.91 Å². The Morgan fingerprint density at radius 2 is 2.00 bits per heavy atom. The Bertz CT molecular complexity index is 925. The van der Waals surface area contributed by atoms with Crippen LogP contribution >= 0.6 is 33.9 Å². The lowest BCUT2D eigenvalue weighted by Gasteiger charge is -2.37. The number of halogens is 1. The number of benzene rings is 2. The fourth-order valence-corrected chi connectivity index (χ4v) is 4.32. The van der Waals surface area contributed by atoms with Crippen molar-refractivity contribution in [3.05, 3.63) is 74.0 Å². The zero-order valence-corrected chi connectivity index (χ0v) is 17.1. The van der Waals surface area contributed by atoms with Gasteiger partial charge in [-0.3, -0.25) is 9.69 Å². The minimum Gasteiger partial charge on any atom is -0.494 e. The van der Waals surface area contributed by atoms with Gasteiger partial charge in [0.2, 0.25) is 0 Å². The molecule has 0 aliphatic carbocycles. The van der Waals surface area contributed by atoms with Crippen molar-refractivity contribution in [1.82, 2.24) is 0 Å². The smallest absolute Gasteiger partial charge is 0.262 e. The summed E-state index contributed by atoms with van der Waals surface area (Å²) < 4.78 is 6.57. The predicted molar refractivity (Wildman–Crippen MR) is 114 cm³/mol. The van der Waals surface area contributed by atoms with E-state index in [1.165, 1.54) is 0 Å². The fourth-order valence-electron chi connectivity index (χ4n) is 3.06. The number of amides is 1. The van der Waals surface area contributed by atoms with E-state index in [1.54, 1.807) is 11.3 Å². The molecule has 0 unspecified atom stereocenters. The first-order chi connectivity index (χ1) is 12.7. The maximum Gasteiger partial charge on any atom is 0.262 e. The lowest BCUT2D eigenvalue weighted by atomic mass is 10.1. The van der Waals surface area contributed by atoms with Crippen LogP contribution in [-0.4, -0.2) is 12.5 Å². The maximum atomic E-state index is 13.3. The van der Waals surface area contributed by atoms with Gasteiger partial charge in [-0.1, -0.05) is 6.07 Å². The third-order valence-corrected chi connectivity index (χ3v) is 5.82. The van der Waals surface area contributed by atoms with Crippen LogP contribution in [0.25, 0.3) is 0 Å². The molecule has 1 amide bonds. The summed E-state index contributed by atoms with van der Waals surface area (Å²) in [7, 11) is 0. The molecule has 0 fully saturated rings. The summed E-state index contributed by atoms with van der Waals surface area (Å²) in [6.07, 6.45) is -0.229. The predicted octanol–water partition coefficient (Wildman–Crippen LogP) is 5.52. The topological polar surface area (TPSA) is 41.6 Å². The minimum atomic E-state index is -0.229. The van der Waals surface area contributed by atoms with Crippen molar-refractivity contribution in [1.29, 1.82) is 0 Å². The van der Waals surface area contributed by atoms with E-state index in [1.807, 2.05) is 65.7 Å². The Morgan fingerprint density at radius 3 is 2.69 bits per heavy atom. The molecule has 2 heterocycles. The molecule has 1 aliphatic rings. The highest BCUT2D eigenvalue weighted by Crippen LogP contribution is 2.38. The quantitative estimate of drug-likeness (QED) is 0.504. The highest BCUT2D eigenvalue weighted by molar-refractivity contribution is 14.1. The molecule has 1 N–H and O–H groups in total. The van der Waals surface area contributed by atoms with Crippen LogP contribution in [-0.2, 0) is 0 Å². The second-order valence-corrected chi connectivity index (χ2v) is 8.08. The van der Waals surface area contributed by atoms with E-state index in [0.717, 1.165) is 25.6 Å². The van der Waals surface area contributed by atoms with E-state index >= 15 is 0 Å². The first-order valence-electron chi connectivity index (χ1n) is 8.33. The van der Waals surface area contributed by atoms with Crippen molar-refractivity contribution in [2.45, 2.75) is 13.1 Å². The first-order valence-corrected chi connectivity index (χ1v) is 10.3. The van der Waals surface area contributed by atoms with Crippen molar-refractivity contribution < 1.29 is 9.53 Å². The number of carbonyl (C=O) groups excluding carboxylic acids is 1. The van der Waals surface area contributed by atoms with E-state index in [2.05, 4.69) is 34.0 Å². The fraction of sp³-hybridized carbons (Fsp3) is 0.150. The molecular weight excluding hydrogens is 459 g/mol. The molecule has 4 rings (SSSR count). The van der Waals surface area contributed by atoms with Gasteiger partial charge in [-0.25, -0.2) is 0 Å². The Kier molecular flexibility index (Phi) is 4.86. The minimum absolute atomic E-state index is 0.000161. The number of hydrogen-bond acceptors (Lipinski definition) is 4. The Balaban J connectivity index is 1.79. The third kappa shape index (κ3) is 3.19. The van der Waals surface area contributed by atoms with Gasteiger partial charge < -0.3 is 10.1 Å². The Labute approximate surface area is 169 Å². The molecule has 0 bridgehead atoms. The number of nitrogens with one attached hydrogen (secondary N) is 1. The lowest BCUT2D eigenvalue weighted by molar-refractivity contribution is 0.0975. The van der Waals surface area contributed by atoms with E-state index in [0.29, 0.717) is 12.2 Å². The molecular formula is C20H17IN2O2S. The van der Waals surface area contributed by atoms with E-state index in [4.69, 9.17) is 4.74 Å². The van der Waals surface area contributed by atoms with Crippen LogP contribution in [0, 0.1) is 3.57 Å². The van der Waals surface area contributed by atoms with Gasteiger partial charge in [0.05, 0.1) is 12.2 Å². The molecule has 1 aromatic heterocycles. The number of hydrogen-bond donors (Lipinski definition) is 1. The lowest BCUT2D eigenvalue weighted by Crippen LogP contribution is -2.42. The van der Waals surface area contributed by atoms with Crippen LogP contribution in [0.2, 0.25) is 0 Å². The number of nitrogens with zero attached hydrogens (tertiary/aromatic N) is 1. The maximum absolute atomic E-state index is 13.3. The number of anilines is 2. The summed E-state index contributed by atoms with van der Waals surface area (Å²) in [5, 5.41) is 5.56. The molecule has 3 aromatic rings. The molecule has 0 radical (unpaired) electrons. The van der Waals surface area contributed by atoms with Crippen molar-refractivity contribution >= 4 is 51.2 Å². The average Bonchev–Trinajstić information content (AvgIpc) is 3.18. The molecule has 2 aromatic carbocycles. The van der Waals surface area contributed by atoms with Crippen LogP contribution in [0.3, 0.4) is 0 Å². The summed E-state index contributed by atoms with van der Waals surface area (Å²) in [5.74, 6) is 0.802. The van der Waals surface area contributed by atoms with Gasteiger partial charge in [0, 0.05) is 19.8 Å². The summed E-state index contributed by atoms with van der Waals surface area (Å²) in [6.45, 7) is 2.57. The molecule has 0 saturated carbocycles. The second kappa shape index (κ2) is 7.28. The van der Waals surface area contributed by atoms with Crippen molar-refractivity contribution in [3.63, 3.8) is 0 Å². The van der Waals surface area contributed by atoms with Crippen LogP contribution in [0.4, 0.5) is 11.4 Å². The van der Waals surface area contributed by atoms with Gasteiger partial charge >= 0.3 is 0 Å². The van der Waals surface area contributed by atoms with Crippen LogP contribution in [0.15, 0.2) is 60.0 Å². The molecule has 132 valence electrons. The van der Waals surface area contributed by atoms with Gasteiger partial charge in [0.15, 0.2) is 0 Å². The van der Waals surface area contributed by atoms with Gasteiger partial charge in [-0.05, 0) is 83.4 Å². The number of rotatable bonds is 4. The zero-order chi connectivity index (χ0) is 18.1. The molecule has 1 atom stereocenters. The van der Waals surface area contributed by atoms with Crippen LogP contribution < -0.4 is 15.0 Å². The summed E-state index contributed by atoms with van der Waals surface area (Å²) in [5.41, 5.74) is 2.41. The van der Waals surface area contributed by atoms with Crippen molar-refractivity contribution in [3.8, 4) is 5.75 Å². The monoisotopic (exact) mass is 476 g/mol. The molecule has 0 spiro atoms. The average molecular weight is 476 g/mol. The Hall–Kier alpha value is -2.06. The highest BCUT2D eigenvalue weighted by Gasteiger charge is 2.34. The molecule has 1 aliphatic heterocycles. The Morgan fingerprint density at radius 1 is 1.19 bits per heavy atom. The van der Waals surface area contributed by atoms with Crippen LogP contribution in [0.5, 0.6) is 5.75 Å². The van der Waals surface area contributed by atoms with Gasteiger partial charge in [-0.15, -0.1) is 11.3 Å². The first kappa shape index (κ1) is 17.4.